The summed E-state index contributed by atoms with van der Waals surface area (Å²) in [7, 11) is 0. The molecule has 0 spiro atoms. The zero-order chi connectivity index (χ0) is 10.0. The molecule has 0 unspecified atom stereocenters. The molecule has 0 saturated carbocycles. The topological polar surface area (TPSA) is 50.9 Å². The van der Waals surface area contributed by atoms with E-state index in [-0.39, 0.29) is 0 Å². The monoisotopic (exact) mass is 195 g/mol. The van der Waals surface area contributed by atoms with Crippen molar-refractivity contribution in [3.05, 3.63) is 24.0 Å². The number of piperidine rings is 1. The average Bonchev–Trinajstić information content (AvgIpc) is 2.19. The SMILES string of the molecule is Nc1ccncc1C1(F)CCNCC1. The number of hydrogen-bond acceptors (Lipinski definition) is 3. The van der Waals surface area contributed by atoms with Crippen LogP contribution in [0.15, 0.2) is 18.5 Å². The molecule has 14 heavy (non-hydrogen) atoms. The smallest absolute Gasteiger partial charge is 0.141 e. The molecule has 1 aliphatic rings. The highest BCUT2D eigenvalue weighted by atomic mass is 19.1. The van der Waals surface area contributed by atoms with E-state index in [9.17, 15) is 4.39 Å². The number of anilines is 1. The molecule has 2 rings (SSSR count). The molecule has 76 valence electrons. The van der Waals surface area contributed by atoms with Gasteiger partial charge in [0, 0.05) is 23.6 Å². The van der Waals surface area contributed by atoms with E-state index in [1.165, 1.54) is 0 Å². The Labute approximate surface area is 82.5 Å². The van der Waals surface area contributed by atoms with Gasteiger partial charge < -0.3 is 11.1 Å². The molecule has 1 fully saturated rings. The molecule has 0 atom stereocenters. The number of halogens is 1. The van der Waals surface area contributed by atoms with Crippen LogP contribution in [0.3, 0.4) is 0 Å². The minimum absolute atomic E-state index is 0.475. The maximum atomic E-state index is 14.4. The van der Waals surface area contributed by atoms with E-state index in [1.54, 1.807) is 18.5 Å². The van der Waals surface area contributed by atoms with E-state index in [1.807, 2.05) is 0 Å². The van der Waals surface area contributed by atoms with Gasteiger partial charge in [-0.25, -0.2) is 4.39 Å². The third-order valence-corrected chi connectivity index (χ3v) is 2.73. The molecule has 1 aromatic heterocycles. The quantitative estimate of drug-likeness (QED) is 0.708. The van der Waals surface area contributed by atoms with Gasteiger partial charge in [0.1, 0.15) is 5.67 Å². The number of nitrogens with zero attached hydrogens (tertiary/aromatic N) is 1. The lowest BCUT2D eigenvalue weighted by Crippen LogP contribution is -2.37. The third-order valence-electron chi connectivity index (χ3n) is 2.73. The minimum Gasteiger partial charge on any atom is -0.398 e. The molecule has 3 N–H and O–H groups in total. The van der Waals surface area contributed by atoms with Gasteiger partial charge in [-0.1, -0.05) is 0 Å². The largest absolute Gasteiger partial charge is 0.398 e. The zero-order valence-corrected chi connectivity index (χ0v) is 7.96. The van der Waals surface area contributed by atoms with Gasteiger partial charge in [0.2, 0.25) is 0 Å². The van der Waals surface area contributed by atoms with Gasteiger partial charge in [0.15, 0.2) is 0 Å². The lowest BCUT2D eigenvalue weighted by Gasteiger charge is -2.30. The molecule has 0 amide bonds. The second kappa shape index (κ2) is 3.53. The van der Waals surface area contributed by atoms with Crippen molar-refractivity contribution in [1.82, 2.24) is 10.3 Å². The van der Waals surface area contributed by atoms with Gasteiger partial charge in [-0.05, 0) is 32.0 Å². The normalized spacial score (nSPS) is 20.6. The molecule has 1 aliphatic heterocycles. The second-order valence-electron chi connectivity index (χ2n) is 3.68. The van der Waals surface area contributed by atoms with Crippen LogP contribution in [0, 0.1) is 0 Å². The fourth-order valence-electron chi connectivity index (χ4n) is 1.87. The summed E-state index contributed by atoms with van der Waals surface area (Å²) in [4.78, 5) is 3.93. The lowest BCUT2D eigenvalue weighted by atomic mass is 9.87. The summed E-state index contributed by atoms with van der Waals surface area (Å²) in [6.07, 6.45) is 4.08. The van der Waals surface area contributed by atoms with E-state index in [0.717, 1.165) is 0 Å². The predicted molar refractivity (Wildman–Crippen MR) is 53.5 cm³/mol. The molecule has 0 aliphatic carbocycles. The van der Waals surface area contributed by atoms with Crippen molar-refractivity contribution in [2.75, 3.05) is 18.8 Å². The fraction of sp³-hybridized carbons (Fsp3) is 0.500. The maximum absolute atomic E-state index is 14.4. The Hall–Kier alpha value is -1.16. The summed E-state index contributed by atoms with van der Waals surface area (Å²) in [5, 5.41) is 3.13. The lowest BCUT2D eigenvalue weighted by molar-refractivity contribution is 0.116. The first-order valence-corrected chi connectivity index (χ1v) is 4.82. The van der Waals surface area contributed by atoms with Crippen LogP contribution in [0.4, 0.5) is 10.1 Å². The minimum atomic E-state index is -1.29. The number of nitrogens with one attached hydrogen (secondary N) is 1. The van der Waals surface area contributed by atoms with Crippen LogP contribution >= 0.6 is 0 Å². The standard InChI is InChI=1S/C10H14FN3/c11-10(2-5-13-6-3-10)8-7-14-4-1-9(8)12/h1,4,7,13H,2-3,5-6H2,(H2,12,14). The summed E-state index contributed by atoms with van der Waals surface area (Å²) in [5.41, 5.74) is 5.50. The van der Waals surface area contributed by atoms with Gasteiger partial charge in [-0.15, -0.1) is 0 Å². The Morgan fingerprint density at radius 3 is 2.79 bits per heavy atom. The van der Waals surface area contributed by atoms with Crippen LogP contribution in [-0.2, 0) is 5.67 Å². The fourth-order valence-corrected chi connectivity index (χ4v) is 1.87. The van der Waals surface area contributed by atoms with Crippen molar-refractivity contribution in [2.45, 2.75) is 18.5 Å². The van der Waals surface area contributed by atoms with E-state index in [2.05, 4.69) is 10.3 Å². The van der Waals surface area contributed by atoms with Crippen molar-refractivity contribution in [3.63, 3.8) is 0 Å². The summed E-state index contributed by atoms with van der Waals surface area (Å²) < 4.78 is 14.4. The van der Waals surface area contributed by atoms with Gasteiger partial charge in [0.05, 0.1) is 0 Å². The Morgan fingerprint density at radius 2 is 2.14 bits per heavy atom. The van der Waals surface area contributed by atoms with Crippen molar-refractivity contribution < 1.29 is 4.39 Å². The number of nitrogens with two attached hydrogens (primary N) is 1. The van der Waals surface area contributed by atoms with Crippen LogP contribution in [0.2, 0.25) is 0 Å². The first-order chi connectivity index (χ1) is 6.72. The molecule has 0 bridgehead atoms. The summed E-state index contributed by atoms with van der Waals surface area (Å²) >= 11 is 0. The summed E-state index contributed by atoms with van der Waals surface area (Å²) in [6.45, 7) is 1.40. The summed E-state index contributed by atoms with van der Waals surface area (Å²) in [6, 6.07) is 1.65. The van der Waals surface area contributed by atoms with Crippen molar-refractivity contribution in [3.8, 4) is 0 Å². The van der Waals surface area contributed by atoms with E-state index in [4.69, 9.17) is 5.73 Å². The highest BCUT2D eigenvalue weighted by Gasteiger charge is 2.35. The first-order valence-electron chi connectivity index (χ1n) is 4.82. The molecule has 0 radical (unpaired) electrons. The summed E-state index contributed by atoms with van der Waals surface area (Å²) in [5.74, 6) is 0. The number of rotatable bonds is 1. The molecule has 0 aromatic carbocycles. The number of aromatic nitrogens is 1. The van der Waals surface area contributed by atoms with E-state index < -0.39 is 5.67 Å². The first kappa shape index (κ1) is 9.40. The number of hydrogen-bond donors (Lipinski definition) is 2. The second-order valence-corrected chi connectivity index (χ2v) is 3.68. The van der Waals surface area contributed by atoms with Crippen LogP contribution in [0.5, 0.6) is 0 Å². The number of pyridine rings is 1. The van der Waals surface area contributed by atoms with Gasteiger partial charge in [-0.3, -0.25) is 4.98 Å². The molecular weight excluding hydrogens is 181 g/mol. The Kier molecular flexibility index (Phi) is 2.37. The molecule has 2 heterocycles. The van der Waals surface area contributed by atoms with E-state index >= 15 is 0 Å². The molecule has 4 heteroatoms. The maximum Gasteiger partial charge on any atom is 0.141 e. The Bertz CT molecular complexity index is 321. The van der Waals surface area contributed by atoms with Crippen molar-refractivity contribution in [2.24, 2.45) is 0 Å². The van der Waals surface area contributed by atoms with E-state index in [0.29, 0.717) is 37.2 Å². The zero-order valence-electron chi connectivity index (χ0n) is 7.96. The van der Waals surface area contributed by atoms with Crippen molar-refractivity contribution in [1.29, 1.82) is 0 Å². The number of nitrogen functional groups attached to an aromatic ring is 1. The molecule has 3 nitrogen and oxygen atoms in total. The van der Waals surface area contributed by atoms with Crippen LogP contribution in [-0.4, -0.2) is 18.1 Å². The van der Waals surface area contributed by atoms with Gasteiger partial charge >= 0.3 is 0 Å². The van der Waals surface area contributed by atoms with Crippen molar-refractivity contribution >= 4 is 5.69 Å². The average molecular weight is 195 g/mol. The van der Waals surface area contributed by atoms with Crippen LogP contribution in [0.1, 0.15) is 18.4 Å². The Morgan fingerprint density at radius 1 is 1.43 bits per heavy atom. The Balaban J connectivity index is 2.32. The van der Waals surface area contributed by atoms with Gasteiger partial charge in [-0.2, -0.15) is 0 Å². The highest BCUT2D eigenvalue weighted by Crippen LogP contribution is 2.37. The molecular formula is C10H14FN3. The number of alkyl halides is 1. The van der Waals surface area contributed by atoms with Crippen LogP contribution < -0.4 is 11.1 Å². The van der Waals surface area contributed by atoms with Crippen LogP contribution in [0.25, 0.3) is 0 Å². The molecule has 1 saturated heterocycles. The highest BCUT2D eigenvalue weighted by molar-refractivity contribution is 5.48. The third kappa shape index (κ3) is 1.57. The van der Waals surface area contributed by atoms with Gasteiger partial charge in [0.25, 0.3) is 0 Å². The predicted octanol–water partition coefficient (Wildman–Crippen LogP) is 1.21. The molecule has 1 aromatic rings.